The van der Waals surface area contributed by atoms with Gasteiger partial charge in [-0.25, -0.2) is 4.98 Å². The summed E-state index contributed by atoms with van der Waals surface area (Å²) in [6, 6.07) is 10.3. The highest BCUT2D eigenvalue weighted by molar-refractivity contribution is 5.94. The Bertz CT molecular complexity index is 613. The molecule has 2 heterocycles. The van der Waals surface area contributed by atoms with Crippen molar-refractivity contribution in [3.05, 3.63) is 61.3 Å². The van der Waals surface area contributed by atoms with Crippen molar-refractivity contribution in [2.45, 2.75) is 0 Å². The van der Waals surface area contributed by atoms with E-state index in [9.17, 15) is 4.79 Å². The Kier molecular flexibility index (Phi) is 3.73. The van der Waals surface area contributed by atoms with Crippen molar-refractivity contribution in [2.24, 2.45) is 0 Å². The molecule has 3 rings (SSSR count). The Morgan fingerprint density at radius 3 is 2.43 bits per heavy atom. The zero-order chi connectivity index (χ0) is 14.7. The normalized spacial score (nSPS) is 15.0. The van der Waals surface area contributed by atoms with E-state index in [-0.39, 0.29) is 5.91 Å². The number of carbonyl (C=O) groups is 1. The molecule has 0 bridgehead atoms. The van der Waals surface area contributed by atoms with Gasteiger partial charge in [0, 0.05) is 44.3 Å². The van der Waals surface area contributed by atoms with E-state index in [1.165, 1.54) is 16.6 Å². The number of aromatic nitrogens is 2. The van der Waals surface area contributed by atoms with Crippen LogP contribution in [0.3, 0.4) is 0 Å². The monoisotopic (exact) mass is 282 g/mol. The van der Waals surface area contributed by atoms with E-state index in [1.807, 2.05) is 23.1 Å². The first-order chi connectivity index (χ1) is 10.3. The molecule has 1 aromatic carbocycles. The maximum atomic E-state index is 12.2. The highest BCUT2D eigenvalue weighted by Crippen LogP contribution is 2.17. The van der Waals surface area contributed by atoms with Crippen LogP contribution in [0.5, 0.6) is 0 Å². The van der Waals surface area contributed by atoms with Crippen LogP contribution in [0.2, 0.25) is 0 Å². The second-order valence-electron chi connectivity index (χ2n) is 5.03. The van der Waals surface area contributed by atoms with E-state index in [2.05, 4.69) is 28.6 Å². The summed E-state index contributed by atoms with van der Waals surface area (Å²) in [5.41, 5.74) is 1.75. The van der Waals surface area contributed by atoms with Crippen LogP contribution in [-0.2, 0) is 0 Å². The molecule has 1 saturated heterocycles. The van der Waals surface area contributed by atoms with Crippen LogP contribution in [0.1, 0.15) is 4.79 Å². The van der Waals surface area contributed by atoms with Gasteiger partial charge in [0.25, 0.3) is 5.91 Å². The van der Waals surface area contributed by atoms with Gasteiger partial charge in [-0.1, -0.05) is 24.8 Å². The lowest BCUT2D eigenvalue weighted by atomic mass is 10.2. The predicted octanol–water partition coefficient (Wildman–Crippen LogP) is 1.86. The summed E-state index contributed by atoms with van der Waals surface area (Å²) in [5, 5.41) is 0. The van der Waals surface area contributed by atoms with Crippen molar-refractivity contribution >= 4 is 11.6 Å². The molecule has 1 aliphatic heterocycles. The van der Waals surface area contributed by atoms with Crippen LogP contribution in [0.4, 0.5) is 5.69 Å². The van der Waals surface area contributed by atoms with Crippen LogP contribution >= 0.6 is 0 Å². The van der Waals surface area contributed by atoms with Gasteiger partial charge in [-0.2, -0.15) is 0 Å². The minimum absolute atomic E-state index is 0.110. The Morgan fingerprint density at radius 2 is 1.81 bits per heavy atom. The molecule has 1 aromatic heterocycles. The van der Waals surface area contributed by atoms with Crippen molar-refractivity contribution < 1.29 is 4.79 Å². The van der Waals surface area contributed by atoms with Gasteiger partial charge in [0.05, 0.1) is 5.70 Å². The minimum atomic E-state index is -0.110. The molecule has 2 aromatic rings. The maximum Gasteiger partial charge on any atom is 0.278 e. The van der Waals surface area contributed by atoms with Gasteiger partial charge in [0.2, 0.25) is 0 Å². The zero-order valence-electron chi connectivity index (χ0n) is 11.9. The van der Waals surface area contributed by atoms with Gasteiger partial charge in [0.1, 0.15) is 6.33 Å². The number of hydrogen-bond acceptors (Lipinski definition) is 4. The molecule has 21 heavy (non-hydrogen) atoms. The maximum absolute atomic E-state index is 12.2. The third kappa shape index (κ3) is 2.81. The fraction of sp³-hybridized carbons (Fsp3) is 0.250. The summed E-state index contributed by atoms with van der Waals surface area (Å²) in [6.45, 7) is 7.32. The molecule has 0 amide bonds. The second kappa shape index (κ2) is 5.83. The Balaban J connectivity index is 1.61. The molecule has 1 aliphatic rings. The predicted molar refractivity (Wildman–Crippen MR) is 82.2 cm³/mol. The van der Waals surface area contributed by atoms with E-state index in [0.717, 1.165) is 26.2 Å². The van der Waals surface area contributed by atoms with E-state index < -0.39 is 0 Å². The lowest BCUT2D eigenvalue weighted by Gasteiger charge is -2.37. The highest BCUT2D eigenvalue weighted by atomic mass is 16.2. The van der Waals surface area contributed by atoms with Gasteiger partial charge < -0.3 is 9.80 Å². The SMILES string of the molecule is C=C(C(=O)n1ccnc1)N1CCN(c2ccccc2)CC1. The number of nitrogens with zero attached hydrogens (tertiary/aromatic N) is 4. The molecule has 5 nitrogen and oxygen atoms in total. The average molecular weight is 282 g/mol. The van der Waals surface area contributed by atoms with E-state index in [1.54, 1.807) is 12.4 Å². The van der Waals surface area contributed by atoms with Crippen molar-refractivity contribution in [1.29, 1.82) is 0 Å². The smallest absolute Gasteiger partial charge is 0.278 e. The lowest BCUT2D eigenvalue weighted by Crippen LogP contribution is -2.47. The van der Waals surface area contributed by atoms with Crippen LogP contribution < -0.4 is 4.90 Å². The van der Waals surface area contributed by atoms with Gasteiger partial charge in [0.15, 0.2) is 0 Å². The molecule has 0 atom stereocenters. The van der Waals surface area contributed by atoms with Crippen molar-refractivity contribution in [3.63, 3.8) is 0 Å². The van der Waals surface area contributed by atoms with Crippen molar-refractivity contribution in [1.82, 2.24) is 14.5 Å². The van der Waals surface area contributed by atoms with E-state index >= 15 is 0 Å². The molecule has 5 heteroatoms. The number of imidazole rings is 1. The van der Waals surface area contributed by atoms with Crippen molar-refractivity contribution in [2.75, 3.05) is 31.1 Å². The molecule has 108 valence electrons. The summed E-state index contributed by atoms with van der Waals surface area (Å²) in [5.74, 6) is -0.110. The number of para-hydroxylation sites is 1. The molecule has 1 fully saturated rings. The zero-order valence-corrected chi connectivity index (χ0v) is 11.9. The van der Waals surface area contributed by atoms with E-state index in [4.69, 9.17) is 0 Å². The molecular formula is C16H18N4O. The third-order valence-electron chi connectivity index (χ3n) is 3.77. The van der Waals surface area contributed by atoms with E-state index in [0.29, 0.717) is 5.70 Å². The first-order valence-corrected chi connectivity index (χ1v) is 7.02. The fourth-order valence-electron chi connectivity index (χ4n) is 2.54. The van der Waals surface area contributed by atoms with Gasteiger partial charge in [-0.3, -0.25) is 9.36 Å². The summed E-state index contributed by atoms with van der Waals surface area (Å²) in [6.07, 6.45) is 4.75. The number of carbonyl (C=O) groups excluding carboxylic acids is 1. The van der Waals surface area contributed by atoms with Crippen molar-refractivity contribution in [3.8, 4) is 0 Å². The number of anilines is 1. The molecule has 0 N–H and O–H groups in total. The highest BCUT2D eigenvalue weighted by Gasteiger charge is 2.22. The summed E-state index contributed by atoms with van der Waals surface area (Å²) in [4.78, 5) is 20.5. The van der Waals surface area contributed by atoms with Crippen LogP contribution in [0.15, 0.2) is 61.3 Å². The third-order valence-corrected chi connectivity index (χ3v) is 3.77. The largest absolute Gasteiger partial charge is 0.368 e. The number of benzene rings is 1. The number of allylic oxidation sites excluding steroid dienone is 1. The summed E-state index contributed by atoms with van der Waals surface area (Å²) in [7, 11) is 0. The van der Waals surface area contributed by atoms with Gasteiger partial charge in [-0.05, 0) is 12.1 Å². The first-order valence-electron chi connectivity index (χ1n) is 7.02. The molecule has 0 aliphatic carbocycles. The fourth-order valence-corrected chi connectivity index (χ4v) is 2.54. The van der Waals surface area contributed by atoms with Crippen LogP contribution in [-0.4, -0.2) is 46.5 Å². The molecule has 0 saturated carbocycles. The molecule has 0 spiro atoms. The van der Waals surface area contributed by atoms with Gasteiger partial charge >= 0.3 is 0 Å². The molecule has 0 radical (unpaired) electrons. The lowest BCUT2D eigenvalue weighted by molar-refractivity contribution is 0.0911. The summed E-state index contributed by atoms with van der Waals surface area (Å²) >= 11 is 0. The van der Waals surface area contributed by atoms with Crippen LogP contribution in [0, 0.1) is 0 Å². The minimum Gasteiger partial charge on any atom is -0.368 e. The van der Waals surface area contributed by atoms with Crippen LogP contribution in [0.25, 0.3) is 0 Å². The summed E-state index contributed by atoms with van der Waals surface area (Å²) < 4.78 is 1.46. The number of rotatable bonds is 3. The first kappa shape index (κ1) is 13.4. The quantitative estimate of drug-likeness (QED) is 0.806. The second-order valence-corrected chi connectivity index (χ2v) is 5.03. The number of hydrogen-bond donors (Lipinski definition) is 0. The standard InChI is InChI=1S/C16H18N4O/c1-14(16(21)20-8-7-17-13-20)18-9-11-19(12-10-18)15-5-3-2-4-6-15/h2-8,13H,1,9-12H2. The number of piperazine rings is 1. The molecular weight excluding hydrogens is 264 g/mol. The average Bonchev–Trinajstić information content (AvgIpc) is 3.09. The Labute approximate surface area is 124 Å². The topological polar surface area (TPSA) is 41.4 Å². The van der Waals surface area contributed by atoms with Gasteiger partial charge in [-0.15, -0.1) is 0 Å². The Morgan fingerprint density at radius 1 is 1.10 bits per heavy atom. The Hall–Kier alpha value is -2.56. The molecule has 0 unspecified atom stereocenters.